The van der Waals surface area contributed by atoms with Crippen molar-refractivity contribution in [3.63, 3.8) is 0 Å². The van der Waals surface area contributed by atoms with Crippen LogP contribution in [0.25, 0.3) is 5.69 Å². The van der Waals surface area contributed by atoms with E-state index in [0.29, 0.717) is 13.2 Å². The Hall–Kier alpha value is -2.63. The van der Waals surface area contributed by atoms with E-state index in [-0.39, 0.29) is 11.1 Å². The molecule has 1 aliphatic rings. The zero-order valence-electron chi connectivity index (χ0n) is 11.4. The van der Waals surface area contributed by atoms with Crippen LogP contribution < -0.4 is 15.5 Å². The van der Waals surface area contributed by atoms with E-state index >= 15 is 0 Å². The van der Waals surface area contributed by atoms with Gasteiger partial charge in [0, 0.05) is 24.9 Å². The van der Waals surface area contributed by atoms with E-state index in [0.717, 1.165) is 24.3 Å². The molecule has 1 aromatic carbocycles. The van der Waals surface area contributed by atoms with Crippen LogP contribution in [-0.4, -0.2) is 28.8 Å². The fourth-order valence-electron chi connectivity index (χ4n) is 2.13. The summed E-state index contributed by atoms with van der Waals surface area (Å²) in [6.45, 7) is 1.08. The Morgan fingerprint density at radius 1 is 1.19 bits per heavy atom. The highest BCUT2D eigenvalue weighted by atomic mass is 16.5. The molecule has 1 amide bonds. The van der Waals surface area contributed by atoms with Crippen LogP contribution in [0.1, 0.15) is 23.3 Å². The van der Waals surface area contributed by atoms with Crippen molar-refractivity contribution < 1.29 is 9.53 Å². The number of nitrogens with one attached hydrogen (secondary N) is 1. The van der Waals surface area contributed by atoms with Crippen molar-refractivity contribution in [3.8, 4) is 11.4 Å². The number of rotatable bonds is 0. The number of nitrogens with zero attached hydrogens (tertiary/aromatic N) is 2. The lowest BCUT2D eigenvalue weighted by atomic mass is 10.3. The molecular formula is C15H15N3O3. The normalized spacial score (nSPS) is 15.0. The van der Waals surface area contributed by atoms with Gasteiger partial charge in [-0.05, 0) is 25.0 Å². The fraction of sp³-hybridized carbons (Fsp3) is 0.267. The largest absolute Gasteiger partial charge is 0.494 e. The summed E-state index contributed by atoms with van der Waals surface area (Å²) in [6.07, 6.45) is 3.15. The van der Waals surface area contributed by atoms with Crippen LogP contribution >= 0.6 is 0 Å². The van der Waals surface area contributed by atoms with Crippen LogP contribution in [0.4, 0.5) is 0 Å². The van der Waals surface area contributed by atoms with E-state index in [1.54, 1.807) is 0 Å². The summed E-state index contributed by atoms with van der Waals surface area (Å²) in [5.41, 5.74) is 0.259. The van der Waals surface area contributed by atoms with Crippen LogP contribution in [-0.2, 0) is 0 Å². The highest BCUT2D eigenvalue weighted by Crippen LogP contribution is 2.16. The Balaban J connectivity index is 2.09. The second-order valence-electron chi connectivity index (χ2n) is 4.78. The van der Waals surface area contributed by atoms with Gasteiger partial charge in [-0.1, -0.05) is 6.07 Å². The third kappa shape index (κ3) is 2.94. The molecule has 21 heavy (non-hydrogen) atoms. The third-order valence-corrected chi connectivity index (χ3v) is 3.23. The minimum Gasteiger partial charge on any atom is -0.494 e. The molecule has 0 aliphatic carbocycles. The van der Waals surface area contributed by atoms with Gasteiger partial charge in [-0.15, -0.1) is 0 Å². The van der Waals surface area contributed by atoms with Crippen molar-refractivity contribution in [3.05, 3.63) is 52.4 Å². The summed E-state index contributed by atoms with van der Waals surface area (Å²) in [5.74, 6) is 0.304. The number of carbonyl (C=O) groups excluding carboxylic acids is 1. The molecule has 2 aromatic rings. The zero-order valence-corrected chi connectivity index (χ0v) is 11.4. The Labute approximate surface area is 121 Å². The van der Waals surface area contributed by atoms with E-state index in [1.165, 1.54) is 16.9 Å². The van der Waals surface area contributed by atoms with Crippen molar-refractivity contribution in [2.45, 2.75) is 12.8 Å². The zero-order chi connectivity index (χ0) is 14.7. The second kappa shape index (κ2) is 5.78. The summed E-state index contributed by atoms with van der Waals surface area (Å²) >= 11 is 0. The fourth-order valence-corrected chi connectivity index (χ4v) is 2.13. The minimum absolute atomic E-state index is 0.0944. The number of carbonyl (C=O) groups is 1. The van der Waals surface area contributed by atoms with Crippen molar-refractivity contribution >= 4 is 5.91 Å². The summed E-state index contributed by atoms with van der Waals surface area (Å²) < 4.78 is 7.17. The molecule has 6 heteroatoms. The maximum atomic E-state index is 12.0. The monoisotopic (exact) mass is 285 g/mol. The van der Waals surface area contributed by atoms with Crippen molar-refractivity contribution in [2.75, 3.05) is 13.2 Å². The second-order valence-corrected chi connectivity index (χ2v) is 4.78. The molecule has 0 saturated heterocycles. The highest BCUT2D eigenvalue weighted by Gasteiger charge is 2.13. The molecule has 0 radical (unpaired) electrons. The predicted octanol–water partition coefficient (Wildman–Crippen LogP) is 1.13. The molecule has 0 atom stereocenters. The van der Waals surface area contributed by atoms with Gasteiger partial charge in [0.05, 0.1) is 12.3 Å². The molecule has 0 fully saturated rings. The van der Waals surface area contributed by atoms with Crippen LogP contribution in [0.2, 0.25) is 0 Å². The Morgan fingerprint density at radius 3 is 3.00 bits per heavy atom. The van der Waals surface area contributed by atoms with Gasteiger partial charge in [0.2, 0.25) is 5.43 Å². The smallest absolute Gasteiger partial charge is 0.275 e. The molecule has 1 aliphatic heterocycles. The Kier molecular flexibility index (Phi) is 3.68. The first-order chi connectivity index (χ1) is 10.2. The maximum Gasteiger partial charge on any atom is 0.275 e. The molecule has 0 spiro atoms. The highest BCUT2D eigenvalue weighted by molar-refractivity contribution is 5.91. The van der Waals surface area contributed by atoms with Gasteiger partial charge < -0.3 is 10.1 Å². The molecule has 1 N–H and O–H groups in total. The minimum atomic E-state index is -0.439. The van der Waals surface area contributed by atoms with Crippen LogP contribution in [0.3, 0.4) is 0 Å². The standard InChI is InChI=1S/C15H15N3O3/c19-13-6-8-18-11-4-3-5-12(10-11)21-9-2-1-7-16-15(20)14(13)17-18/h3-6,8,10H,1-2,7,9H2,(H,16,20). The lowest BCUT2D eigenvalue weighted by Crippen LogP contribution is -2.31. The molecule has 0 unspecified atom stereocenters. The Morgan fingerprint density at radius 2 is 2.10 bits per heavy atom. The summed E-state index contributed by atoms with van der Waals surface area (Å²) in [5, 5.41) is 6.84. The lowest BCUT2D eigenvalue weighted by molar-refractivity contribution is 0.0944. The number of hydrogen-bond donors (Lipinski definition) is 1. The summed E-state index contributed by atoms with van der Waals surface area (Å²) in [6, 6.07) is 8.73. The first-order valence-electron chi connectivity index (χ1n) is 6.85. The SMILES string of the molecule is O=C1NCCCCOc2cccc(c2)-n2ccc(=O)c1n2. The quantitative estimate of drug-likeness (QED) is 0.787. The average molecular weight is 285 g/mol. The van der Waals surface area contributed by atoms with Crippen molar-refractivity contribution in [1.29, 1.82) is 0 Å². The van der Waals surface area contributed by atoms with Crippen molar-refractivity contribution in [1.82, 2.24) is 15.1 Å². The molecular weight excluding hydrogens is 270 g/mol. The number of benzene rings is 1. The van der Waals surface area contributed by atoms with Crippen LogP contribution in [0.5, 0.6) is 5.75 Å². The van der Waals surface area contributed by atoms with Gasteiger partial charge in [0.15, 0.2) is 5.69 Å². The van der Waals surface area contributed by atoms with Gasteiger partial charge in [0.25, 0.3) is 5.91 Å². The van der Waals surface area contributed by atoms with Gasteiger partial charge >= 0.3 is 0 Å². The van der Waals surface area contributed by atoms with Gasteiger partial charge in [0.1, 0.15) is 5.75 Å². The van der Waals surface area contributed by atoms with E-state index < -0.39 is 5.91 Å². The van der Waals surface area contributed by atoms with Gasteiger partial charge in [-0.3, -0.25) is 9.59 Å². The number of hydrogen-bond acceptors (Lipinski definition) is 4. The molecule has 0 saturated carbocycles. The van der Waals surface area contributed by atoms with E-state index in [4.69, 9.17) is 4.74 Å². The molecule has 108 valence electrons. The predicted molar refractivity (Wildman–Crippen MR) is 76.9 cm³/mol. The van der Waals surface area contributed by atoms with Crippen molar-refractivity contribution in [2.24, 2.45) is 0 Å². The molecule has 6 nitrogen and oxygen atoms in total. The third-order valence-electron chi connectivity index (χ3n) is 3.23. The van der Waals surface area contributed by atoms with Gasteiger partial charge in [-0.25, -0.2) is 4.68 Å². The topological polar surface area (TPSA) is 73.2 Å². The number of amides is 1. The molecule has 4 bridgehead atoms. The van der Waals surface area contributed by atoms with E-state index in [9.17, 15) is 9.59 Å². The molecule has 3 rings (SSSR count). The summed E-state index contributed by atoms with van der Waals surface area (Å²) in [4.78, 5) is 23.8. The molecule has 1 aromatic heterocycles. The van der Waals surface area contributed by atoms with Gasteiger partial charge in [-0.2, -0.15) is 5.10 Å². The molecule has 2 heterocycles. The number of aromatic nitrogens is 2. The number of fused-ring (bicyclic) bond motifs is 5. The first-order valence-corrected chi connectivity index (χ1v) is 6.85. The van der Waals surface area contributed by atoms with Crippen LogP contribution in [0, 0.1) is 0 Å². The van der Waals surface area contributed by atoms with E-state index in [2.05, 4.69) is 10.4 Å². The average Bonchev–Trinajstić information content (AvgIpc) is 2.51. The summed E-state index contributed by atoms with van der Waals surface area (Å²) in [7, 11) is 0. The lowest BCUT2D eigenvalue weighted by Gasteiger charge is -2.09. The maximum absolute atomic E-state index is 12.0. The Bertz CT molecular complexity index is 724. The van der Waals surface area contributed by atoms with E-state index in [1.807, 2.05) is 24.3 Å². The van der Waals surface area contributed by atoms with Crippen LogP contribution in [0.15, 0.2) is 41.3 Å². The number of ether oxygens (including phenoxy) is 1. The first kappa shape index (κ1) is 13.4.